The Labute approximate surface area is 216 Å². The summed E-state index contributed by atoms with van der Waals surface area (Å²) in [5, 5.41) is 3.31. The highest BCUT2D eigenvalue weighted by molar-refractivity contribution is 5.75. The number of nitrogens with zero attached hydrogens (tertiary/aromatic N) is 2. The molecule has 1 N–H and O–H groups in total. The lowest BCUT2D eigenvalue weighted by Crippen LogP contribution is -2.25. The molecule has 1 aliphatic heterocycles. The number of hydrogen-bond donors (Lipinski definition) is 1. The minimum atomic E-state index is 0.506. The molecule has 36 heavy (non-hydrogen) atoms. The zero-order chi connectivity index (χ0) is 25.6. The van der Waals surface area contributed by atoms with Crippen LogP contribution in [-0.2, 0) is 36.9 Å². The van der Waals surface area contributed by atoms with Gasteiger partial charge in [0, 0.05) is 52.7 Å². The van der Waals surface area contributed by atoms with Crippen LogP contribution in [0.25, 0.3) is 11.1 Å². The van der Waals surface area contributed by atoms with Crippen LogP contribution < -0.4 is 15.1 Å². The molecular formula is C28H43N3O5. The molecule has 0 aliphatic carbocycles. The summed E-state index contributed by atoms with van der Waals surface area (Å²) in [5.41, 5.74) is 6.88. The summed E-state index contributed by atoms with van der Waals surface area (Å²) in [6, 6.07) is 13.1. The molecule has 3 rings (SSSR count). The molecule has 8 heteroatoms. The molecule has 200 valence electrons. The van der Waals surface area contributed by atoms with Gasteiger partial charge in [-0.2, -0.15) is 0 Å². The first-order valence-corrected chi connectivity index (χ1v) is 12.8. The number of benzene rings is 2. The maximum atomic E-state index is 6.04. The molecule has 0 radical (unpaired) electrons. The van der Waals surface area contributed by atoms with Crippen molar-refractivity contribution >= 4 is 11.4 Å². The number of nitrogens with one attached hydrogen (secondary N) is 1. The van der Waals surface area contributed by atoms with Gasteiger partial charge in [-0.15, -0.1) is 0 Å². The van der Waals surface area contributed by atoms with Crippen molar-refractivity contribution in [3.63, 3.8) is 0 Å². The molecule has 0 saturated carbocycles. The molecule has 0 amide bonds. The number of anilines is 2. The average molecular weight is 502 g/mol. The third-order valence-electron chi connectivity index (χ3n) is 5.98. The highest BCUT2D eigenvalue weighted by atomic mass is 16.5. The topological polar surface area (TPSA) is 64.7 Å². The van der Waals surface area contributed by atoms with Gasteiger partial charge in [0.1, 0.15) is 0 Å². The SMILES string of the molecule is CN(C)c1ccc2c(c1)COCCOCCNCCOCCOCCOCc1cc(N(C)C)ccc1-2. The molecule has 0 saturated heterocycles. The van der Waals surface area contributed by atoms with Gasteiger partial charge >= 0.3 is 0 Å². The summed E-state index contributed by atoms with van der Waals surface area (Å²) in [5.74, 6) is 0. The van der Waals surface area contributed by atoms with Gasteiger partial charge in [-0.25, -0.2) is 0 Å². The normalized spacial score (nSPS) is 17.7. The Morgan fingerprint density at radius 1 is 0.528 bits per heavy atom. The summed E-state index contributed by atoms with van der Waals surface area (Å²) in [7, 11) is 8.22. The summed E-state index contributed by atoms with van der Waals surface area (Å²) in [6.45, 7) is 7.23. The largest absolute Gasteiger partial charge is 0.378 e. The average Bonchev–Trinajstić information content (AvgIpc) is 2.87. The molecule has 0 unspecified atom stereocenters. The van der Waals surface area contributed by atoms with E-state index in [2.05, 4.69) is 79.7 Å². The summed E-state index contributed by atoms with van der Waals surface area (Å²) >= 11 is 0. The highest BCUT2D eigenvalue weighted by Gasteiger charge is 2.14. The van der Waals surface area contributed by atoms with Crippen molar-refractivity contribution in [3.05, 3.63) is 47.5 Å². The molecule has 0 aromatic heterocycles. The van der Waals surface area contributed by atoms with E-state index >= 15 is 0 Å². The fourth-order valence-corrected chi connectivity index (χ4v) is 3.92. The van der Waals surface area contributed by atoms with Gasteiger partial charge in [-0.1, -0.05) is 12.1 Å². The summed E-state index contributed by atoms with van der Waals surface area (Å²) < 4.78 is 29.0. The lowest BCUT2D eigenvalue weighted by molar-refractivity contribution is 0.0107. The van der Waals surface area contributed by atoms with Gasteiger partial charge in [0.15, 0.2) is 0 Å². The van der Waals surface area contributed by atoms with Crippen LogP contribution >= 0.6 is 0 Å². The molecule has 0 bridgehead atoms. The van der Waals surface area contributed by atoms with E-state index in [1.807, 2.05) is 0 Å². The molecule has 2 aromatic rings. The minimum Gasteiger partial charge on any atom is -0.378 e. The minimum absolute atomic E-state index is 0.506. The Kier molecular flexibility index (Phi) is 12.5. The predicted molar refractivity (Wildman–Crippen MR) is 145 cm³/mol. The first kappa shape index (κ1) is 28.4. The van der Waals surface area contributed by atoms with Crippen LogP contribution in [0.1, 0.15) is 11.1 Å². The quantitative estimate of drug-likeness (QED) is 0.673. The van der Waals surface area contributed by atoms with E-state index in [9.17, 15) is 0 Å². The van der Waals surface area contributed by atoms with Crippen molar-refractivity contribution < 1.29 is 23.7 Å². The van der Waals surface area contributed by atoms with E-state index in [0.717, 1.165) is 46.7 Å². The first-order chi connectivity index (χ1) is 17.6. The van der Waals surface area contributed by atoms with E-state index in [-0.39, 0.29) is 0 Å². The van der Waals surface area contributed by atoms with Crippen LogP contribution in [0.4, 0.5) is 11.4 Å². The molecule has 0 fully saturated rings. The monoisotopic (exact) mass is 501 g/mol. The molecule has 1 heterocycles. The number of ether oxygens (including phenoxy) is 5. The third-order valence-corrected chi connectivity index (χ3v) is 5.98. The van der Waals surface area contributed by atoms with Crippen LogP contribution in [0.15, 0.2) is 36.4 Å². The second-order valence-corrected chi connectivity index (χ2v) is 9.16. The van der Waals surface area contributed by atoms with Crippen molar-refractivity contribution in [2.45, 2.75) is 13.2 Å². The van der Waals surface area contributed by atoms with Crippen molar-refractivity contribution in [2.24, 2.45) is 0 Å². The first-order valence-electron chi connectivity index (χ1n) is 12.8. The maximum Gasteiger partial charge on any atom is 0.0724 e. The van der Waals surface area contributed by atoms with E-state index in [1.165, 1.54) is 0 Å². The number of rotatable bonds is 2. The van der Waals surface area contributed by atoms with Gasteiger partial charge in [0.25, 0.3) is 0 Å². The summed E-state index contributed by atoms with van der Waals surface area (Å²) in [6.07, 6.45) is 0. The van der Waals surface area contributed by atoms with Crippen LogP contribution in [0, 0.1) is 0 Å². The molecular weight excluding hydrogens is 458 g/mol. The van der Waals surface area contributed by atoms with Gasteiger partial charge in [-0.05, 0) is 46.5 Å². The van der Waals surface area contributed by atoms with Crippen LogP contribution in [-0.4, -0.2) is 94.1 Å². The highest BCUT2D eigenvalue weighted by Crippen LogP contribution is 2.33. The van der Waals surface area contributed by atoms with Crippen molar-refractivity contribution in [3.8, 4) is 11.1 Å². The zero-order valence-corrected chi connectivity index (χ0v) is 22.4. The zero-order valence-electron chi connectivity index (χ0n) is 22.4. The van der Waals surface area contributed by atoms with Crippen LogP contribution in [0.5, 0.6) is 0 Å². The third kappa shape index (κ3) is 9.35. The van der Waals surface area contributed by atoms with Crippen molar-refractivity contribution in [2.75, 3.05) is 104 Å². The molecule has 0 atom stereocenters. The Hall–Kier alpha value is -2.20. The fourth-order valence-electron chi connectivity index (χ4n) is 3.92. The van der Waals surface area contributed by atoms with Crippen molar-refractivity contribution in [1.29, 1.82) is 0 Å². The van der Waals surface area contributed by atoms with Crippen molar-refractivity contribution in [1.82, 2.24) is 5.32 Å². The predicted octanol–water partition coefficient (Wildman–Crippen LogP) is 3.17. The molecule has 2 aromatic carbocycles. The van der Waals surface area contributed by atoms with Gasteiger partial charge in [0.2, 0.25) is 0 Å². The number of hydrogen-bond acceptors (Lipinski definition) is 8. The molecule has 0 spiro atoms. The fraction of sp³-hybridized carbons (Fsp3) is 0.571. The Morgan fingerprint density at radius 2 is 0.917 bits per heavy atom. The van der Waals surface area contributed by atoms with Crippen LogP contribution in [0.3, 0.4) is 0 Å². The molecule has 1 aliphatic rings. The Balaban J connectivity index is 1.81. The van der Waals surface area contributed by atoms with E-state index in [4.69, 9.17) is 23.7 Å². The second-order valence-electron chi connectivity index (χ2n) is 9.16. The molecule has 8 nitrogen and oxygen atoms in total. The lowest BCUT2D eigenvalue weighted by atomic mass is 9.94. The van der Waals surface area contributed by atoms with Gasteiger partial charge < -0.3 is 38.8 Å². The lowest BCUT2D eigenvalue weighted by Gasteiger charge is -2.21. The second kappa shape index (κ2) is 15.8. The van der Waals surface area contributed by atoms with E-state index in [0.29, 0.717) is 66.1 Å². The number of fused-ring (bicyclic) bond motifs is 3. The Morgan fingerprint density at radius 3 is 1.33 bits per heavy atom. The van der Waals surface area contributed by atoms with E-state index in [1.54, 1.807) is 0 Å². The Bertz CT molecular complexity index is 833. The smallest absolute Gasteiger partial charge is 0.0724 e. The van der Waals surface area contributed by atoms with Gasteiger partial charge in [0.05, 0.1) is 66.1 Å². The van der Waals surface area contributed by atoms with Crippen LogP contribution in [0.2, 0.25) is 0 Å². The van der Waals surface area contributed by atoms with Gasteiger partial charge in [-0.3, -0.25) is 0 Å². The standard InChI is InChI=1S/C28H43N3O5/c1-30(2)25-5-7-27-23(19-25)21-35-17-15-33-12-10-29-9-11-32-13-14-34-16-18-36-22-24-20-26(31(3)4)6-8-28(24)27/h5-8,19-20,29H,9-18,21-22H2,1-4H3. The maximum absolute atomic E-state index is 6.04. The van der Waals surface area contributed by atoms with E-state index < -0.39 is 0 Å². The summed E-state index contributed by atoms with van der Waals surface area (Å²) in [4.78, 5) is 4.22.